The molecular formula is C17H15N3O3. The first kappa shape index (κ1) is 14.9. The van der Waals surface area contributed by atoms with Gasteiger partial charge in [-0.3, -0.25) is 19.1 Å². The van der Waals surface area contributed by atoms with Crippen LogP contribution in [0.3, 0.4) is 0 Å². The monoisotopic (exact) mass is 309 g/mol. The second kappa shape index (κ2) is 6.83. The lowest BCUT2D eigenvalue weighted by molar-refractivity contribution is -0.145. The average Bonchev–Trinajstić information content (AvgIpc) is 2.60. The van der Waals surface area contributed by atoms with E-state index in [1.165, 1.54) is 10.9 Å². The lowest BCUT2D eigenvalue weighted by Gasteiger charge is -2.07. The number of carbonyl (C=O) groups excluding carboxylic acids is 1. The van der Waals surface area contributed by atoms with Crippen LogP contribution in [0.15, 0.2) is 59.8 Å². The van der Waals surface area contributed by atoms with Gasteiger partial charge in [-0.25, -0.2) is 4.98 Å². The minimum absolute atomic E-state index is 0.104. The number of para-hydroxylation sites is 1. The maximum atomic E-state index is 12.3. The van der Waals surface area contributed by atoms with Crippen molar-refractivity contribution in [3.63, 3.8) is 0 Å². The lowest BCUT2D eigenvalue weighted by Crippen LogP contribution is -2.22. The number of benzene rings is 1. The molecule has 2 heterocycles. The van der Waals surface area contributed by atoms with E-state index in [0.29, 0.717) is 16.6 Å². The SMILES string of the molecule is O=C(CCn1cnc2ccccc2c1=O)OCc1ccccn1. The molecule has 6 heteroatoms. The first-order valence-electron chi connectivity index (χ1n) is 7.24. The Morgan fingerprint density at radius 1 is 1.09 bits per heavy atom. The Morgan fingerprint density at radius 2 is 1.91 bits per heavy atom. The molecule has 0 bridgehead atoms. The largest absolute Gasteiger partial charge is 0.459 e. The number of aromatic nitrogens is 3. The van der Waals surface area contributed by atoms with Crippen molar-refractivity contribution in [2.45, 2.75) is 19.6 Å². The number of aryl methyl sites for hydroxylation is 1. The molecule has 0 saturated heterocycles. The van der Waals surface area contributed by atoms with Crippen molar-refractivity contribution in [1.82, 2.24) is 14.5 Å². The smallest absolute Gasteiger partial charge is 0.307 e. The molecule has 0 aliphatic carbocycles. The van der Waals surface area contributed by atoms with Crippen LogP contribution in [0.2, 0.25) is 0 Å². The highest BCUT2D eigenvalue weighted by atomic mass is 16.5. The maximum Gasteiger partial charge on any atom is 0.307 e. The first-order valence-corrected chi connectivity index (χ1v) is 7.24. The summed E-state index contributed by atoms with van der Waals surface area (Å²) in [5.74, 6) is -0.379. The topological polar surface area (TPSA) is 74.1 Å². The number of pyridine rings is 1. The van der Waals surface area contributed by atoms with Crippen LogP contribution in [-0.2, 0) is 22.7 Å². The number of rotatable bonds is 5. The highest BCUT2D eigenvalue weighted by Gasteiger charge is 2.07. The van der Waals surface area contributed by atoms with E-state index in [4.69, 9.17) is 4.74 Å². The van der Waals surface area contributed by atoms with Gasteiger partial charge in [-0.2, -0.15) is 0 Å². The molecule has 0 amide bonds. The summed E-state index contributed by atoms with van der Waals surface area (Å²) in [5.41, 5.74) is 1.17. The van der Waals surface area contributed by atoms with E-state index in [-0.39, 0.29) is 31.1 Å². The van der Waals surface area contributed by atoms with Gasteiger partial charge in [0.25, 0.3) is 5.56 Å². The number of hydrogen-bond donors (Lipinski definition) is 0. The number of hydrogen-bond acceptors (Lipinski definition) is 5. The number of carbonyl (C=O) groups is 1. The lowest BCUT2D eigenvalue weighted by atomic mass is 10.2. The Labute approximate surface area is 132 Å². The predicted octanol–water partition coefficient (Wildman–Crippen LogP) is 1.92. The van der Waals surface area contributed by atoms with Gasteiger partial charge in [-0.1, -0.05) is 18.2 Å². The summed E-state index contributed by atoms with van der Waals surface area (Å²) in [5, 5.41) is 0.539. The summed E-state index contributed by atoms with van der Waals surface area (Å²) in [6.45, 7) is 0.363. The normalized spacial score (nSPS) is 10.6. The molecule has 3 rings (SSSR count). The van der Waals surface area contributed by atoms with Crippen molar-refractivity contribution >= 4 is 16.9 Å². The zero-order valence-corrected chi connectivity index (χ0v) is 12.4. The summed E-state index contributed by atoms with van der Waals surface area (Å²) in [6.07, 6.45) is 3.20. The molecule has 0 radical (unpaired) electrons. The van der Waals surface area contributed by atoms with Gasteiger partial charge in [0, 0.05) is 12.7 Å². The quantitative estimate of drug-likeness (QED) is 0.673. The molecule has 0 atom stereocenters. The zero-order valence-electron chi connectivity index (χ0n) is 12.4. The third-order valence-electron chi connectivity index (χ3n) is 3.40. The predicted molar refractivity (Wildman–Crippen MR) is 84.7 cm³/mol. The van der Waals surface area contributed by atoms with Gasteiger partial charge in [0.2, 0.25) is 0 Å². The highest BCUT2D eigenvalue weighted by Crippen LogP contribution is 2.05. The van der Waals surface area contributed by atoms with Gasteiger partial charge in [-0.15, -0.1) is 0 Å². The molecular weight excluding hydrogens is 294 g/mol. The fourth-order valence-electron chi connectivity index (χ4n) is 2.19. The van der Waals surface area contributed by atoms with Crippen LogP contribution in [0.5, 0.6) is 0 Å². The van der Waals surface area contributed by atoms with Gasteiger partial charge < -0.3 is 4.74 Å². The summed E-state index contributed by atoms with van der Waals surface area (Å²) < 4.78 is 6.56. The number of fused-ring (bicyclic) bond motifs is 1. The van der Waals surface area contributed by atoms with Crippen molar-refractivity contribution in [1.29, 1.82) is 0 Å². The van der Waals surface area contributed by atoms with Gasteiger partial charge in [0.15, 0.2) is 0 Å². The van der Waals surface area contributed by atoms with Crippen LogP contribution < -0.4 is 5.56 Å². The van der Waals surface area contributed by atoms with Crippen molar-refractivity contribution in [3.8, 4) is 0 Å². The van der Waals surface area contributed by atoms with Crippen molar-refractivity contribution in [3.05, 3.63) is 71.0 Å². The van der Waals surface area contributed by atoms with E-state index in [0.717, 1.165) is 0 Å². The second-order valence-corrected chi connectivity index (χ2v) is 4.99. The number of nitrogens with zero attached hydrogens (tertiary/aromatic N) is 3. The van der Waals surface area contributed by atoms with Crippen LogP contribution in [0.1, 0.15) is 12.1 Å². The molecule has 0 aliphatic rings. The summed E-state index contributed by atoms with van der Waals surface area (Å²) >= 11 is 0. The molecule has 0 spiro atoms. The fraction of sp³-hybridized carbons (Fsp3) is 0.176. The van der Waals surface area contributed by atoms with Crippen molar-refractivity contribution in [2.24, 2.45) is 0 Å². The first-order chi connectivity index (χ1) is 11.2. The van der Waals surface area contributed by atoms with Crippen LogP contribution in [0.4, 0.5) is 0 Å². The van der Waals surface area contributed by atoms with E-state index in [1.54, 1.807) is 36.5 Å². The molecule has 0 unspecified atom stereocenters. The maximum absolute atomic E-state index is 12.3. The Balaban J connectivity index is 1.61. The third kappa shape index (κ3) is 3.60. The molecule has 0 N–H and O–H groups in total. The molecule has 3 aromatic rings. The van der Waals surface area contributed by atoms with Gasteiger partial charge in [0.05, 0.1) is 29.3 Å². The summed E-state index contributed by atoms with van der Waals surface area (Å²) in [4.78, 5) is 32.3. The van der Waals surface area contributed by atoms with Crippen molar-refractivity contribution in [2.75, 3.05) is 0 Å². The molecule has 0 aliphatic heterocycles. The molecule has 116 valence electrons. The number of esters is 1. The number of ether oxygens (including phenoxy) is 1. The van der Waals surface area contributed by atoms with Crippen molar-refractivity contribution < 1.29 is 9.53 Å². The van der Waals surface area contributed by atoms with E-state index in [9.17, 15) is 9.59 Å². The van der Waals surface area contributed by atoms with E-state index < -0.39 is 0 Å². The highest BCUT2D eigenvalue weighted by molar-refractivity contribution is 5.77. The van der Waals surface area contributed by atoms with Gasteiger partial charge in [-0.05, 0) is 24.3 Å². The Hall–Kier alpha value is -3.02. The molecule has 0 saturated carbocycles. The zero-order chi connectivity index (χ0) is 16.1. The Morgan fingerprint density at radius 3 is 2.74 bits per heavy atom. The third-order valence-corrected chi connectivity index (χ3v) is 3.40. The average molecular weight is 309 g/mol. The van der Waals surface area contributed by atoms with E-state index in [1.807, 2.05) is 12.1 Å². The van der Waals surface area contributed by atoms with Crippen LogP contribution >= 0.6 is 0 Å². The molecule has 1 aromatic carbocycles. The minimum atomic E-state index is -0.379. The van der Waals surface area contributed by atoms with Gasteiger partial charge >= 0.3 is 5.97 Å². The second-order valence-electron chi connectivity index (χ2n) is 4.99. The van der Waals surface area contributed by atoms with Crippen LogP contribution in [0.25, 0.3) is 10.9 Å². The molecule has 0 fully saturated rings. The Kier molecular flexibility index (Phi) is 4.42. The van der Waals surface area contributed by atoms with E-state index >= 15 is 0 Å². The summed E-state index contributed by atoms with van der Waals surface area (Å²) in [7, 11) is 0. The van der Waals surface area contributed by atoms with Crippen LogP contribution in [0, 0.1) is 0 Å². The van der Waals surface area contributed by atoms with E-state index in [2.05, 4.69) is 9.97 Å². The summed E-state index contributed by atoms with van der Waals surface area (Å²) in [6, 6.07) is 12.5. The fourth-order valence-corrected chi connectivity index (χ4v) is 2.19. The Bertz CT molecular complexity index is 875. The standard InChI is InChI=1S/C17H15N3O3/c21-16(23-11-13-5-3-4-9-18-13)8-10-20-12-19-15-7-2-1-6-14(15)17(20)22/h1-7,9,12H,8,10-11H2. The minimum Gasteiger partial charge on any atom is -0.459 e. The molecule has 23 heavy (non-hydrogen) atoms. The molecule has 2 aromatic heterocycles. The molecule has 6 nitrogen and oxygen atoms in total. The van der Waals surface area contributed by atoms with Gasteiger partial charge in [0.1, 0.15) is 6.61 Å². The van der Waals surface area contributed by atoms with Crippen LogP contribution in [-0.4, -0.2) is 20.5 Å².